The van der Waals surface area contributed by atoms with Crippen molar-refractivity contribution >= 4 is 22.3 Å². The van der Waals surface area contributed by atoms with Crippen LogP contribution in [0.1, 0.15) is 26.7 Å². The van der Waals surface area contributed by atoms with Crippen LogP contribution in [0.15, 0.2) is 30.5 Å². The van der Waals surface area contributed by atoms with Crippen LogP contribution in [-0.2, 0) is 0 Å². The molecule has 1 aromatic heterocycles. The third kappa shape index (κ3) is 3.39. The summed E-state index contributed by atoms with van der Waals surface area (Å²) in [4.78, 5) is 4.34. The number of benzene rings is 1. The summed E-state index contributed by atoms with van der Waals surface area (Å²) in [5.74, 6) is 0. The smallest absolute Gasteiger partial charge is 0.0951 e. The Morgan fingerprint density at radius 2 is 2.10 bits per heavy atom. The molecule has 0 amide bonds. The summed E-state index contributed by atoms with van der Waals surface area (Å²) in [6.45, 7) is 5.50. The lowest BCUT2D eigenvalue weighted by Crippen LogP contribution is -2.23. The first kappa shape index (κ1) is 14.6. The molecule has 0 saturated carbocycles. The second kappa shape index (κ2) is 6.09. The molecule has 4 N–H and O–H groups in total. The van der Waals surface area contributed by atoms with Gasteiger partial charge < -0.3 is 16.2 Å². The minimum Gasteiger partial charge on any atom is -0.397 e. The van der Waals surface area contributed by atoms with E-state index in [1.165, 1.54) is 0 Å². The van der Waals surface area contributed by atoms with Crippen molar-refractivity contribution in [2.75, 3.05) is 24.2 Å². The SMILES string of the molecule is CC(C)(CCCO)CNc1ccc(N)c2ncccc12. The number of rotatable bonds is 6. The van der Waals surface area contributed by atoms with E-state index in [9.17, 15) is 0 Å². The van der Waals surface area contributed by atoms with Crippen LogP contribution in [0.2, 0.25) is 0 Å². The van der Waals surface area contributed by atoms with E-state index < -0.39 is 0 Å². The first-order chi connectivity index (χ1) is 9.53. The van der Waals surface area contributed by atoms with Crippen LogP contribution in [0.3, 0.4) is 0 Å². The monoisotopic (exact) mass is 273 g/mol. The zero-order valence-electron chi connectivity index (χ0n) is 12.2. The van der Waals surface area contributed by atoms with Gasteiger partial charge in [-0.1, -0.05) is 13.8 Å². The Labute approximate surface area is 120 Å². The van der Waals surface area contributed by atoms with Crippen molar-refractivity contribution in [2.45, 2.75) is 26.7 Å². The fraction of sp³-hybridized carbons (Fsp3) is 0.438. The van der Waals surface area contributed by atoms with Gasteiger partial charge in [-0.05, 0) is 42.5 Å². The summed E-state index contributed by atoms with van der Waals surface area (Å²) in [6, 6.07) is 7.84. The van der Waals surface area contributed by atoms with Gasteiger partial charge in [0.05, 0.1) is 11.2 Å². The summed E-state index contributed by atoms with van der Waals surface area (Å²) in [7, 11) is 0. The minimum atomic E-state index is 0.138. The number of hydrogen-bond acceptors (Lipinski definition) is 4. The molecule has 4 heteroatoms. The van der Waals surface area contributed by atoms with E-state index in [-0.39, 0.29) is 12.0 Å². The minimum absolute atomic E-state index is 0.138. The Morgan fingerprint density at radius 1 is 1.30 bits per heavy atom. The van der Waals surface area contributed by atoms with Crippen LogP contribution in [0.4, 0.5) is 11.4 Å². The number of nitrogen functional groups attached to an aromatic ring is 1. The van der Waals surface area contributed by atoms with Crippen LogP contribution in [0.25, 0.3) is 10.9 Å². The number of nitrogens with one attached hydrogen (secondary N) is 1. The summed E-state index contributed by atoms with van der Waals surface area (Å²) in [5.41, 5.74) is 8.69. The van der Waals surface area contributed by atoms with Crippen molar-refractivity contribution in [2.24, 2.45) is 5.41 Å². The Kier molecular flexibility index (Phi) is 4.45. The lowest BCUT2D eigenvalue weighted by molar-refractivity contribution is 0.248. The quantitative estimate of drug-likeness (QED) is 0.707. The number of nitrogens with zero attached hydrogens (tertiary/aromatic N) is 1. The molecule has 0 fully saturated rings. The van der Waals surface area contributed by atoms with Gasteiger partial charge in [0.1, 0.15) is 0 Å². The Balaban J connectivity index is 2.16. The van der Waals surface area contributed by atoms with Gasteiger partial charge in [-0.15, -0.1) is 0 Å². The van der Waals surface area contributed by atoms with Crippen molar-refractivity contribution in [3.05, 3.63) is 30.5 Å². The van der Waals surface area contributed by atoms with Gasteiger partial charge >= 0.3 is 0 Å². The van der Waals surface area contributed by atoms with Gasteiger partial charge in [0.25, 0.3) is 0 Å². The Hall–Kier alpha value is -1.81. The maximum Gasteiger partial charge on any atom is 0.0951 e. The second-order valence-electron chi connectivity index (χ2n) is 5.95. The molecule has 0 radical (unpaired) electrons. The highest BCUT2D eigenvalue weighted by molar-refractivity contribution is 5.98. The molecule has 1 heterocycles. The summed E-state index contributed by atoms with van der Waals surface area (Å²) in [6.07, 6.45) is 3.58. The number of aromatic nitrogens is 1. The molecule has 20 heavy (non-hydrogen) atoms. The predicted octanol–water partition coefficient (Wildman–Crippen LogP) is 3.03. The molecule has 108 valence electrons. The fourth-order valence-electron chi connectivity index (χ4n) is 2.33. The normalized spacial score (nSPS) is 11.8. The average Bonchev–Trinajstić information content (AvgIpc) is 2.45. The molecule has 4 nitrogen and oxygen atoms in total. The van der Waals surface area contributed by atoms with Gasteiger partial charge in [0.15, 0.2) is 0 Å². The molecule has 0 atom stereocenters. The predicted molar refractivity (Wildman–Crippen MR) is 84.7 cm³/mol. The number of fused-ring (bicyclic) bond motifs is 1. The lowest BCUT2D eigenvalue weighted by Gasteiger charge is -2.25. The van der Waals surface area contributed by atoms with Gasteiger partial charge in [-0.2, -0.15) is 0 Å². The molecule has 1 aromatic carbocycles. The zero-order valence-corrected chi connectivity index (χ0v) is 12.2. The lowest BCUT2D eigenvalue weighted by atomic mass is 9.88. The molecule has 0 aliphatic heterocycles. The van der Waals surface area contributed by atoms with Crippen molar-refractivity contribution in [3.8, 4) is 0 Å². The molecular weight excluding hydrogens is 250 g/mol. The Bertz CT molecular complexity index is 581. The molecule has 2 aromatic rings. The molecule has 0 spiro atoms. The maximum atomic E-state index is 8.94. The topological polar surface area (TPSA) is 71.2 Å². The highest BCUT2D eigenvalue weighted by Gasteiger charge is 2.17. The highest BCUT2D eigenvalue weighted by atomic mass is 16.2. The fourth-order valence-corrected chi connectivity index (χ4v) is 2.33. The molecule has 0 aliphatic carbocycles. The summed E-state index contributed by atoms with van der Waals surface area (Å²) in [5, 5.41) is 13.5. The molecule has 2 rings (SSSR count). The third-order valence-corrected chi connectivity index (χ3v) is 3.57. The number of nitrogens with two attached hydrogens (primary N) is 1. The van der Waals surface area contributed by atoms with Gasteiger partial charge in [0, 0.05) is 30.4 Å². The molecular formula is C16H23N3O. The summed E-state index contributed by atoms with van der Waals surface area (Å²) >= 11 is 0. The molecule has 0 saturated heterocycles. The van der Waals surface area contributed by atoms with Gasteiger partial charge in [0.2, 0.25) is 0 Å². The Morgan fingerprint density at radius 3 is 2.85 bits per heavy atom. The van der Waals surface area contributed by atoms with E-state index in [1.807, 2.05) is 24.3 Å². The van der Waals surface area contributed by atoms with E-state index in [0.717, 1.165) is 36.0 Å². The van der Waals surface area contributed by atoms with E-state index in [2.05, 4.69) is 24.1 Å². The number of aliphatic hydroxyl groups excluding tert-OH is 1. The highest BCUT2D eigenvalue weighted by Crippen LogP contribution is 2.28. The molecule has 0 bridgehead atoms. The number of pyridine rings is 1. The van der Waals surface area contributed by atoms with Crippen LogP contribution in [0, 0.1) is 5.41 Å². The zero-order chi connectivity index (χ0) is 14.6. The van der Waals surface area contributed by atoms with Crippen molar-refractivity contribution < 1.29 is 5.11 Å². The summed E-state index contributed by atoms with van der Waals surface area (Å²) < 4.78 is 0. The standard InChI is InChI=1S/C16H23N3O/c1-16(2,8-4-10-20)11-19-14-7-6-13(17)15-12(14)5-3-9-18-15/h3,5-7,9,19-20H,4,8,10-11,17H2,1-2H3. The van der Waals surface area contributed by atoms with Crippen molar-refractivity contribution in [3.63, 3.8) is 0 Å². The molecule has 0 unspecified atom stereocenters. The largest absolute Gasteiger partial charge is 0.397 e. The van der Waals surface area contributed by atoms with Crippen molar-refractivity contribution in [1.82, 2.24) is 4.98 Å². The first-order valence-electron chi connectivity index (χ1n) is 7.01. The molecule has 0 aliphatic rings. The average molecular weight is 273 g/mol. The van der Waals surface area contributed by atoms with Crippen LogP contribution < -0.4 is 11.1 Å². The second-order valence-corrected chi connectivity index (χ2v) is 5.95. The van der Waals surface area contributed by atoms with E-state index in [0.29, 0.717) is 5.69 Å². The van der Waals surface area contributed by atoms with Crippen LogP contribution >= 0.6 is 0 Å². The first-order valence-corrected chi connectivity index (χ1v) is 7.01. The maximum absolute atomic E-state index is 8.94. The third-order valence-electron chi connectivity index (χ3n) is 3.57. The van der Waals surface area contributed by atoms with Crippen LogP contribution in [0.5, 0.6) is 0 Å². The van der Waals surface area contributed by atoms with E-state index >= 15 is 0 Å². The van der Waals surface area contributed by atoms with Gasteiger partial charge in [-0.3, -0.25) is 4.98 Å². The number of aliphatic hydroxyl groups is 1. The number of hydrogen-bond donors (Lipinski definition) is 3. The number of anilines is 2. The van der Waals surface area contributed by atoms with E-state index in [1.54, 1.807) is 6.20 Å². The van der Waals surface area contributed by atoms with Gasteiger partial charge in [-0.25, -0.2) is 0 Å². The van der Waals surface area contributed by atoms with Crippen molar-refractivity contribution in [1.29, 1.82) is 0 Å². The van der Waals surface area contributed by atoms with E-state index in [4.69, 9.17) is 10.8 Å². The van der Waals surface area contributed by atoms with Crippen LogP contribution in [-0.4, -0.2) is 23.2 Å².